The number of hydrogen-bond donors (Lipinski definition) is 3. The van der Waals surface area contributed by atoms with Crippen LogP contribution in [0.1, 0.15) is 37.8 Å². The number of halogens is 1. The number of hydrogen-bond acceptors (Lipinski definition) is 3. The van der Waals surface area contributed by atoms with E-state index in [2.05, 4.69) is 25.8 Å². The van der Waals surface area contributed by atoms with Crippen LogP contribution in [0.5, 0.6) is 0 Å². The van der Waals surface area contributed by atoms with Crippen molar-refractivity contribution in [1.29, 1.82) is 0 Å². The van der Waals surface area contributed by atoms with E-state index in [1.807, 2.05) is 6.07 Å². The van der Waals surface area contributed by atoms with Gasteiger partial charge >= 0.3 is 6.03 Å². The van der Waals surface area contributed by atoms with E-state index in [9.17, 15) is 9.18 Å². The quantitative estimate of drug-likeness (QED) is 0.804. The smallest absolute Gasteiger partial charge is 0.306 e. The molecule has 1 fully saturated rings. The minimum absolute atomic E-state index is 0.292. The van der Waals surface area contributed by atoms with Gasteiger partial charge in [0.1, 0.15) is 5.82 Å². The summed E-state index contributed by atoms with van der Waals surface area (Å²) in [5.74, 6) is 0.652. The fraction of sp³-hybridized carbons (Fsp3) is 0.438. The Morgan fingerprint density at radius 2 is 2.04 bits per heavy atom. The van der Waals surface area contributed by atoms with Gasteiger partial charge in [0, 0.05) is 17.8 Å². The molecule has 0 saturated heterocycles. The van der Waals surface area contributed by atoms with Crippen LogP contribution < -0.4 is 10.6 Å². The zero-order valence-corrected chi connectivity index (χ0v) is 12.8. The van der Waals surface area contributed by atoms with Crippen molar-refractivity contribution in [3.63, 3.8) is 0 Å². The number of nitrogens with one attached hydrogen (secondary N) is 3. The summed E-state index contributed by atoms with van der Waals surface area (Å²) < 4.78 is 13.0. The molecule has 0 bridgehead atoms. The van der Waals surface area contributed by atoms with Crippen LogP contribution in [0.4, 0.5) is 20.7 Å². The summed E-state index contributed by atoms with van der Waals surface area (Å²) in [4.78, 5) is 15.5. The normalized spacial score (nSPS) is 15.3. The van der Waals surface area contributed by atoms with Crippen molar-refractivity contribution in [1.82, 2.24) is 15.2 Å². The largest absolute Gasteiger partial charge is 0.324 e. The van der Waals surface area contributed by atoms with E-state index < -0.39 is 11.8 Å². The fourth-order valence-electron chi connectivity index (χ4n) is 2.99. The lowest BCUT2D eigenvalue weighted by Crippen LogP contribution is -2.19. The average Bonchev–Trinajstić information content (AvgIpc) is 2.95. The second-order valence-electron chi connectivity index (χ2n) is 5.96. The molecule has 0 aliphatic heterocycles. The molecule has 1 aliphatic rings. The van der Waals surface area contributed by atoms with Crippen LogP contribution in [0.2, 0.25) is 0 Å². The van der Waals surface area contributed by atoms with Crippen LogP contribution in [0.25, 0.3) is 0 Å². The molecule has 0 atom stereocenters. The van der Waals surface area contributed by atoms with Crippen LogP contribution in [-0.2, 0) is 6.42 Å². The molecule has 1 aliphatic carbocycles. The number of carbonyl (C=O) groups excluding carboxylic acids is 1. The van der Waals surface area contributed by atoms with Crippen molar-refractivity contribution in [2.75, 3.05) is 10.6 Å². The minimum atomic E-state index is -0.502. The van der Waals surface area contributed by atoms with Gasteiger partial charge in [-0.15, -0.1) is 0 Å². The number of pyridine rings is 1. The highest BCUT2D eigenvalue weighted by Crippen LogP contribution is 2.26. The van der Waals surface area contributed by atoms with Gasteiger partial charge in [0.25, 0.3) is 0 Å². The molecule has 3 N–H and O–H groups in total. The third kappa shape index (κ3) is 4.51. The van der Waals surface area contributed by atoms with E-state index in [-0.39, 0.29) is 0 Å². The van der Waals surface area contributed by atoms with Gasteiger partial charge in [0.2, 0.25) is 0 Å². The molecule has 2 amide bonds. The summed E-state index contributed by atoms with van der Waals surface area (Å²) in [6.45, 7) is 0. The SMILES string of the molecule is O=C(Nc1cncc(F)c1)Nc1cc(CC2CCCCC2)[nH]n1. The third-order valence-electron chi connectivity index (χ3n) is 4.07. The Bertz CT molecular complexity index is 666. The third-order valence-corrected chi connectivity index (χ3v) is 4.07. The van der Waals surface area contributed by atoms with E-state index in [1.54, 1.807) is 0 Å². The highest BCUT2D eigenvalue weighted by Gasteiger charge is 2.15. The van der Waals surface area contributed by atoms with Gasteiger partial charge in [0.15, 0.2) is 5.82 Å². The Hall–Kier alpha value is -2.44. The number of nitrogens with zero attached hydrogens (tertiary/aromatic N) is 2. The van der Waals surface area contributed by atoms with Gasteiger partial charge < -0.3 is 5.32 Å². The summed E-state index contributed by atoms with van der Waals surface area (Å²) in [5, 5.41) is 12.2. The van der Waals surface area contributed by atoms with Crippen molar-refractivity contribution >= 4 is 17.5 Å². The maximum Gasteiger partial charge on any atom is 0.324 e. The second kappa shape index (κ2) is 7.21. The molecular weight excluding hydrogens is 297 g/mol. The number of carbonyl (C=O) groups is 1. The van der Waals surface area contributed by atoms with E-state index in [0.717, 1.165) is 18.3 Å². The zero-order chi connectivity index (χ0) is 16.1. The van der Waals surface area contributed by atoms with Crippen molar-refractivity contribution in [3.8, 4) is 0 Å². The van der Waals surface area contributed by atoms with Gasteiger partial charge in [-0.2, -0.15) is 5.10 Å². The summed E-state index contributed by atoms with van der Waals surface area (Å²) in [5.41, 5.74) is 1.32. The van der Waals surface area contributed by atoms with Crippen molar-refractivity contribution in [3.05, 3.63) is 36.0 Å². The molecule has 0 unspecified atom stereocenters. The van der Waals surface area contributed by atoms with Crippen LogP contribution in [0.3, 0.4) is 0 Å². The summed E-state index contributed by atoms with van der Waals surface area (Å²) >= 11 is 0. The Balaban J connectivity index is 1.52. The van der Waals surface area contributed by atoms with Gasteiger partial charge in [-0.1, -0.05) is 32.1 Å². The van der Waals surface area contributed by atoms with Crippen LogP contribution >= 0.6 is 0 Å². The van der Waals surface area contributed by atoms with Crippen LogP contribution in [-0.4, -0.2) is 21.2 Å². The topological polar surface area (TPSA) is 82.7 Å². The number of aromatic amines is 1. The molecule has 0 spiro atoms. The van der Waals surface area contributed by atoms with Crippen LogP contribution in [0, 0.1) is 11.7 Å². The number of H-pyrrole nitrogens is 1. The number of anilines is 2. The molecule has 6 nitrogen and oxygen atoms in total. The standard InChI is InChI=1S/C16H20FN5O/c17-12-7-14(10-18-9-12)19-16(23)20-15-8-13(21-22-15)6-11-4-2-1-3-5-11/h7-11H,1-6H2,(H3,19,20,21,22,23). The highest BCUT2D eigenvalue weighted by atomic mass is 19.1. The predicted octanol–water partition coefficient (Wildman–Crippen LogP) is 3.71. The molecule has 3 rings (SSSR count). The molecule has 7 heteroatoms. The fourth-order valence-corrected chi connectivity index (χ4v) is 2.99. The Morgan fingerprint density at radius 1 is 1.22 bits per heavy atom. The van der Waals surface area contributed by atoms with E-state index >= 15 is 0 Å². The molecule has 1 saturated carbocycles. The first-order chi connectivity index (χ1) is 11.2. The number of rotatable bonds is 4. The Morgan fingerprint density at radius 3 is 2.83 bits per heavy atom. The summed E-state index contributed by atoms with van der Waals surface area (Å²) in [6, 6.07) is 2.57. The molecule has 2 heterocycles. The first kappa shape index (κ1) is 15.5. The van der Waals surface area contributed by atoms with Gasteiger partial charge in [-0.25, -0.2) is 9.18 Å². The van der Waals surface area contributed by atoms with E-state index in [4.69, 9.17) is 0 Å². The van der Waals surface area contributed by atoms with Gasteiger partial charge in [-0.05, 0) is 12.3 Å². The van der Waals surface area contributed by atoms with E-state index in [1.165, 1.54) is 44.4 Å². The molecule has 2 aromatic heterocycles. The molecule has 122 valence electrons. The number of urea groups is 1. The molecule has 23 heavy (non-hydrogen) atoms. The zero-order valence-electron chi connectivity index (χ0n) is 12.8. The van der Waals surface area contributed by atoms with E-state index in [0.29, 0.717) is 17.4 Å². The van der Waals surface area contributed by atoms with Crippen LogP contribution in [0.15, 0.2) is 24.5 Å². The first-order valence-electron chi connectivity index (χ1n) is 7.92. The number of amides is 2. The van der Waals surface area contributed by atoms with Crippen molar-refractivity contribution in [2.45, 2.75) is 38.5 Å². The average molecular weight is 317 g/mol. The summed E-state index contributed by atoms with van der Waals surface area (Å²) in [7, 11) is 0. The van der Waals surface area contributed by atoms with Gasteiger partial charge in [-0.3, -0.25) is 15.4 Å². The minimum Gasteiger partial charge on any atom is -0.306 e. The molecular formula is C16H20FN5O. The Labute approximate surface area is 133 Å². The maximum absolute atomic E-state index is 13.0. The lowest BCUT2D eigenvalue weighted by molar-refractivity contribution is 0.262. The van der Waals surface area contributed by atoms with Crippen molar-refractivity contribution < 1.29 is 9.18 Å². The van der Waals surface area contributed by atoms with Gasteiger partial charge in [0.05, 0.1) is 18.1 Å². The molecule has 2 aromatic rings. The molecule has 0 radical (unpaired) electrons. The number of aromatic nitrogens is 3. The summed E-state index contributed by atoms with van der Waals surface area (Å²) in [6.07, 6.45) is 9.87. The van der Waals surface area contributed by atoms with Crippen molar-refractivity contribution in [2.24, 2.45) is 5.92 Å². The molecule has 0 aromatic carbocycles. The maximum atomic E-state index is 13.0. The second-order valence-corrected chi connectivity index (χ2v) is 5.96. The first-order valence-corrected chi connectivity index (χ1v) is 7.92. The monoisotopic (exact) mass is 317 g/mol. The Kier molecular flexibility index (Phi) is 4.85. The predicted molar refractivity (Wildman–Crippen MR) is 85.7 cm³/mol. The highest BCUT2D eigenvalue weighted by molar-refractivity contribution is 5.99. The lowest BCUT2D eigenvalue weighted by Gasteiger charge is -2.20. The lowest BCUT2D eigenvalue weighted by atomic mass is 9.86.